The van der Waals surface area contributed by atoms with Crippen molar-refractivity contribution in [1.29, 1.82) is 0 Å². The Morgan fingerprint density at radius 1 is 1.14 bits per heavy atom. The average Bonchev–Trinajstić information content (AvgIpc) is 2.54. The molecule has 1 aliphatic rings. The number of rotatable bonds is 7. The van der Waals surface area contributed by atoms with Gasteiger partial charge in [-0.2, -0.15) is 0 Å². The third kappa shape index (κ3) is 5.03. The van der Waals surface area contributed by atoms with Crippen LogP contribution in [0.5, 0.6) is 5.75 Å². The van der Waals surface area contributed by atoms with Crippen molar-refractivity contribution in [2.75, 3.05) is 6.54 Å². The molecule has 21 heavy (non-hydrogen) atoms. The van der Waals surface area contributed by atoms with E-state index in [1.807, 2.05) is 0 Å². The van der Waals surface area contributed by atoms with E-state index in [1.54, 1.807) is 0 Å². The number of benzene rings is 1. The molecule has 0 aliphatic heterocycles. The van der Waals surface area contributed by atoms with Crippen molar-refractivity contribution < 1.29 is 4.74 Å². The lowest BCUT2D eigenvalue weighted by Gasteiger charge is -2.26. The molecule has 0 bridgehead atoms. The van der Waals surface area contributed by atoms with Crippen molar-refractivity contribution in [1.82, 2.24) is 5.32 Å². The van der Waals surface area contributed by atoms with Gasteiger partial charge in [-0.05, 0) is 43.7 Å². The third-order valence-corrected chi connectivity index (χ3v) is 4.69. The summed E-state index contributed by atoms with van der Waals surface area (Å²) in [5.41, 5.74) is 1.34. The second-order valence-corrected chi connectivity index (χ2v) is 6.52. The highest BCUT2D eigenvalue weighted by molar-refractivity contribution is 5.36. The first-order chi connectivity index (χ1) is 10.2. The Labute approximate surface area is 130 Å². The zero-order valence-electron chi connectivity index (χ0n) is 13.9. The standard InChI is InChI=1S/C19H31NO/c1-4-15(2)18-12-8-9-13-19(18)21-16(3)14-20-17-10-6-5-7-11-17/h8-9,12-13,15-17,20H,4-7,10-11,14H2,1-3H3. The van der Waals surface area contributed by atoms with Gasteiger partial charge in [-0.25, -0.2) is 0 Å². The first-order valence-electron chi connectivity index (χ1n) is 8.69. The number of ether oxygens (including phenoxy) is 1. The summed E-state index contributed by atoms with van der Waals surface area (Å²) in [5, 5.41) is 3.68. The van der Waals surface area contributed by atoms with Gasteiger partial charge in [0.25, 0.3) is 0 Å². The van der Waals surface area contributed by atoms with Crippen LogP contribution in [0, 0.1) is 0 Å². The fourth-order valence-electron chi connectivity index (χ4n) is 3.11. The average molecular weight is 289 g/mol. The maximum absolute atomic E-state index is 6.20. The molecule has 118 valence electrons. The molecule has 2 unspecified atom stereocenters. The second kappa shape index (κ2) is 8.43. The van der Waals surface area contributed by atoms with Crippen molar-refractivity contribution in [3.8, 4) is 5.75 Å². The highest BCUT2D eigenvalue weighted by Crippen LogP contribution is 2.29. The van der Waals surface area contributed by atoms with Gasteiger partial charge in [0, 0.05) is 12.6 Å². The minimum absolute atomic E-state index is 0.220. The fraction of sp³-hybridized carbons (Fsp3) is 0.684. The summed E-state index contributed by atoms with van der Waals surface area (Å²) in [6.07, 6.45) is 8.19. The first-order valence-corrected chi connectivity index (χ1v) is 8.69. The molecule has 1 fully saturated rings. The number of hydrogen-bond acceptors (Lipinski definition) is 2. The molecule has 0 spiro atoms. The second-order valence-electron chi connectivity index (χ2n) is 6.52. The topological polar surface area (TPSA) is 21.3 Å². The molecule has 1 N–H and O–H groups in total. The van der Waals surface area contributed by atoms with E-state index >= 15 is 0 Å². The van der Waals surface area contributed by atoms with Gasteiger partial charge >= 0.3 is 0 Å². The van der Waals surface area contributed by atoms with Crippen LogP contribution in [0.3, 0.4) is 0 Å². The van der Waals surface area contributed by atoms with Gasteiger partial charge in [-0.15, -0.1) is 0 Å². The van der Waals surface area contributed by atoms with Gasteiger partial charge < -0.3 is 10.1 Å². The van der Waals surface area contributed by atoms with Crippen LogP contribution in [0.2, 0.25) is 0 Å². The van der Waals surface area contributed by atoms with E-state index in [4.69, 9.17) is 4.74 Å². The number of nitrogens with one attached hydrogen (secondary N) is 1. The molecular weight excluding hydrogens is 258 g/mol. The number of hydrogen-bond donors (Lipinski definition) is 1. The molecule has 2 rings (SSSR count). The van der Waals surface area contributed by atoms with E-state index in [2.05, 4.69) is 50.4 Å². The normalized spacial score (nSPS) is 19.2. The molecule has 0 radical (unpaired) electrons. The minimum Gasteiger partial charge on any atom is -0.489 e. The largest absolute Gasteiger partial charge is 0.489 e. The summed E-state index contributed by atoms with van der Waals surface area (Å²) < 4.78 is 6.20. The summed E-state index contributed by atoms with van der Waals surface area (Å²) in [7, 11) is 0. The highest BCUT2D eigenvalue weighted by Gasteiger charge is 2.15. The van der Waals surface area contributed by atoms with Gasteiger partial charge in [-0.1, -0.05) is 51.3 Å². The molecule has 1 saturated carbocycles. The Bertz CT molecular complexity index is 412. The molecule has 2 nitrogen and oxygen atoms in total. The Hall–Kier alpha value is -1.02. The van der Waals surface area contributed by atoms with Crippen molar-refractivity contribution >= 4 is 0 Å². The van der Waals surface area contributed by atoms with Gasteiger partial charge in [0.2, 0.25) is 0 Å². The van der Waals surface area contributed by atoms with Gasteiger partial charge in [0.15, 0.2) is 0 Å². The van der Waals surface area contributed by atoms with E-state index in [-0.39, 0.29) is 6.10 Å². The number of para-hydroxylation sites is 1. The van der Waals surface area contributed by atoms with Crippen molar-refractivity contribution in [3.63, 3.8) is 0 Å². The van der Waals surface area contributed by atoms with Gasteiger partial charge in [0.1, 0.15) is 11.9 Å². The minimum atomic E-state index is 0.220. The molecule has 0 heterocycles. The summed E-state index contributed by atoms with van der Waals surface area (Å²) in [5.74, 6) is 1.62. The van der Waals surface area contributed by atoms with Crippen LogP contribution in [0.25, 0.3) is 0 Å². The Kier molecular flexibility index (Phi) is 6.56. The smallest absolute Gasteiger partial charge is 0.123 e. The van der Waals surface area contributed by atoms with Crippen LogP contribution < -0.4 is 10.1 Å². The SMILES string of the molecule is CCC(C)c1ccccc1OC(C)CNC1CCCCC1. The van der Waals surface area contributed by atoms with E-state index in [0.29, 0.717) is 12.0 Å². The summed E-state index contributed by atoms with van der Waals surface area (Å²) in [4.78, 5) is 0. The van der Waals surface area contributed by atoms with E-state index in [1.165, 1.54) is 37.7 Å². The van der Waals surface area contributed by atoms with E-state index in [0.717, 1.165) is 18.7 Å². The van der Waals surface area contributed by atoms with Crippen LogP contribution in [0.4, 0.5) is 0 Å². The van der Waals surface area contributed by atoms with Gasteiger partial charge in [-0.3, -0.25) is 0 Å². The zero-order valence-corrected chi connectivity index (χ0v) is 13.9. The molecule has 1 aromatic carbocycles. The van der Waals surface area contributed by atoms with Crippen molar-refractivity contribution in [2.45, 2.75) is 77.4 Å². The maximum Gasteiger partial charge on any atom is 0.123 e. The predicted molar refractivity (Wildman–Crippen MR) is 90.1 cm³/mol. The quantitative estimate of drug-likeness (QED) is 0.771. The van der Waals surface area contributed by atoms with Crippen LogP contribution in [-0.2, 0) is 0 Å². The van der Waals surface area contributed by atoms with E-state index < -0.39 is 0 Å². The zero-order chi connectivity index (χ0) is 15.1. The maximum atomic E-state index is 6.20. The predicted octanol–water partition coefficient (Wildman–Crippen LogP) is 4.89. The van der Waals surface area contributed by atoms with Crippen LogP contribution >= 0.6 is 0 Å². The lowest BCUT2D eigenvalue weighted by molar-refractivity contribution is 0.203. The van der Waals surface area contributed by atoms with Crippen LogP contribution in [0.15, 0.2) is 24.3 Å². The first kappa shape index (κ1) is 16.4. The van der Waals surface area contributed by atoms with Crippen molar-refractivity contribution in [2.24, 2.45) is 0 Å². The Balaban J connectivity index is 1.85. The Morgan fingerprint density at radius 3 is 2.57 bits per heavy atom. The molecule has 2 heteroatoms. The molecule has 2 atom stereocenters. The summed E-state index contributed by atoms with van der Waals surface area (Å²) in [6.45, 7) is 7.62. The summed E-state index contributed by atoms with van der Waals surface area (Å²) >= 11 is 0. The van der Waals surface area contributed by atoms with E-state index in [9.17, 15) is 0 Å². The molecule has 1 aliphatic carbocycles. The molecular formula is C19H31NO. The van der Waals surface area contributed by atoms with Crippen LogP contribution in [-0.4, -0.2) is 18.7 Å². The Morgan fingerprint density at radius 2 is 1.86 bits per heavy atom. The molecule has 1 aromatic rings. The fourth-order valence-corrected chi connectivity index (χ4v) is 3.11. The van der Waals surface area contributed by atoms with Crippen LogP contribution in [0.1, 0.15) is 70.8 Å². The lowest BCUT2D eigenvalue weighted by atomic mass is 9.95. The molecule has 0 amide bonds. The molecule has 0 aromatic heterocycles. The monoisotopic (exact) mass is 289 g/mol. The lowest BCUT2D eigenvalue weighted by Crippen LogP contribution is -2.37. The summed E-state index contributed by atoms with van der Waals surface area (Å²) in [6, 6.07) is 9.19. The molecule has 0 saturated heterocycles. The van der Waals surface area contributed by atoms with Gasteiger partial charge in [0.05, 0.1) is 0 Å². The third-order valence-electron chi connectivity index (χ3n) is 4.69. The van der Waals surface area contributed by atoms with Crippen molar-refractivity contribution in [3.05, 3.63) is 29.8 Å². The highest BCUT2D eigenvalue weighted by atomic mass is 16.5.